The van der Waals surface area contributed by atoms with Gasteiger partial charge in [0.1, 0.15) is 17.2 Å². The monoisotopic (exact) mass is 467 g/mol. The van der Waals surface area contributed by atoms with E-state index in [1.165, 1.54) is 54.6 Å². The molecule has 9 nitrogen and oxygen atoms in total. The van der Waals surface area contributed by atoms with E-state index in [2.05, 4.69) is 0 Å². The number of phenols is 3. The summed E-state index contributed by atoms with van der Waals surface area (Å²) in [5, 5.41) is 57.0. The molecule has 0 atom stereocenters. The van der Waals surface area contributed by atoms with E-state index in [1.54, 1.807) is 18.2 Å². The largest absolute Gasteiger partial charge is 3.00 e. The molecule has 0 saturated carbocycles. The first-order valence-electron chi connectivity index (χ1n) is 8.13. The summed E-state index contributed by atoms with van der Waals surface area (Å²) in [6.45, 7) is 0. The van der Waals surface area contributed by atoms with Gasteiger partial charge in [-0.05, 0) is 36.4 Å². The zero-order valence-electron chi connectivity index (χ0n) is 15.6. The van der Waals surface area contributed by atoms with Crippen molar-refractivity contribution in [2.75, 3.05) is 0 Å². The van der Waals surface area contributed by atoms with Gasteiger partial charge in [-0.2, -0.15) is 0 Å². The molecule has 0 spiro atoms. The van der Waals surface area contributed by atoms with Gasteiger partial charge in [0, 0.05) is 16.7 Å². The number of carbonyl (C=O) groups excluding carboxylic acids is 3. The van der Waals surface area contributed by atoms with Gasteiger partial charge in [0.15, 0.2) is 0 Å². The van der Waals surface area contributed by atoms with Crippen molar-refractivity contribution in [2.45, 2.75) is 0 Å². The van der Waals surface area contributed by atoms with Crippen molar-refractivity contribution in [1.29, 1.82) is 0 Å². The minimum Gasteiger partial charge on any atom is -0.545 e. The third kappa shape index (κ3) is 8.90. The molecular formula is C21H15FeO9. The van der Waals surface area contributed by atoms with Crippen LogP contribution in [0.2, 0.25) is 0 Å². The van der Waals surface area contributed by atoms with Gasteiger partial charge in [-0.15, -0.1) is 0 Å². The first-order chi connectivity index (χ1) is 14.1. The van der Waals surface area contributed by atoms with Crippen molar-refractivity contribution < 1.29 is 62.1 Å². The second-order valence-electron chi connectivity index (χ2n) is 5.41. The Kier molecular flexibility index (Phi) is 11.5. The number of aromatic hydroxyl groups is 3. The third-order valence-corrected chi connectivity index (χ3v) is 3.37. The van der Waals surface area contributed by atoms with Crippen LogP contribution in [0.5, 0.6) is 17.2 Å². The molecule has 0 amide bonds. The fourth-order valence-electron chi connectivity index (χ4n) is 1.94. The Morgan fingerprint density at radius 1 is 0.484 bits per heavy atom. The summed E-state index contributed by atoms with van der Waals surface area (Å²) in [6.07, 6.45) is 0. The van der Waals surface area contributed by atoms with Crippen LogP contribution in [0.15, 0.2) is 72.8 Å². The molecule has 0 aliphatic rings. The van der Waals surface area contributed by atoms with E-state index in [1.807, 2.05) is 0 Å². The van der Waals surface area contributed by atoms with Crippen molar-refractivity contribution >= 4 is 17.9 Å². The van der Waals surface area contributed by atoms with Crippen LogP contribution in [0.1, 0.15) is 31.1 Å². The smallest absolute Gasteiger partial charge is 0.545 e. The zero-order chi connectivity index (χ0) is 22.7. The summed E-state index contributed by atoms with van der Waals surface area (Å²) in [5.41, 5.74) is -0.535. The maximum Gasteiger partial charge on any atom is 3.00 e. The Hall–Kier alpha value is -4.01. The minimum absolute atomic E-state index is 0. The third-order valence-electron chi connectivity index (χ3n) is 3.37. The summed E-state index contributed by atoms with van der Waals surface area (Å²) >= 11 is 0. The van der Waals surface area contributed by atoms with Crippen LogP contribution in [0.4, 0.5) is 0 Å². The molecule has 0 saturated heterocycles. The molecule has 3 N–H and O–H groups in total. The molecule has 3 aromatic carbocycles. The summed E-state index contributed by atoms with van der Waals surface area (Å²) < 4.78 is 0. The summed E-state index contributed by atoms with van der Waals surface area (Å²) in [4.78, 5) is 30.5. The number of rotatable bonds is 3. The first-order valence-corrected chi connectivity index (χ1v) is 8.13. The maximum atomic E-state index is 10.2. The molecule has 0 heterocycles. The number of benzene rings is 3. The Labute approximate surface area is 186 Å². The average Bonchev–Trinajstić information content (AvgIpc) is 2.69. The Bertz CT molecular complexity index is 903. The molecule has 0 aliphatic heterocycles. The predicted octanol–water partition coefficient (Wildman–Crippen LogP) is -0.735. The summed E-state index contributed by atoms with van der Waals surface area (Å²) in [7, 11) is 0. The van der Waals surface area contributed by atoms with Gasteiger partial charge in [-0.1, -0.05) is 36.4 Å². The number of aromatic carboxylic acids is 3. The Balaban J connectivity index is 0.000000429. The average molecular weight is 467 g/mol. The molecule has 3 rings (SSSR count). The Morgan fingerprint density at radius 3 is 0.806 bits per heavy atom. The fourth-order valence-corrected chi connectivity index (χ4v) is 1.94. The quantitative estimate of drug-likeness (QED) is 0.418. The molecule has 1 radical (unpaired) electrons. The fraction of sp³-hybridized carbons (Fsp3) is 0. The molecule has 3 aromatic rings. The number of carboxylic acid groups (broad SMARTS) is 3. The zero-order valence-corrected chi connectivity index (χ0v) is 16.7. The van der Waals surface area contributed by atoms with E-state index in [-0.39, 0.29) is 51.0 Å². The van der Waals surface area contributed by atoms with E-state index < -0.39 is 17.9 Å². The van der Waals surface area contributed by atoms with Crippen LogP contribution < -0.4 is 15.3 Å². The van der Waals surface area contributed by atoms with Gasteiger partial charge in [-0.3, -0.25) is 0 Å². The van der Waals surface area contributed by atoms with Gasteiger partial charge >= 0.3 is 17.1 Å². The van der Waals surface area contributed by atoms with Gasteiger partial charge in [0.05, 0.1) is 17.9 Å². The van der Waals surface area contributed by atoms with Crippen molar-refractivity contribution in [1.82, 2.24) is 0 Å². The van der Waals surface area contributed by atoms with E-state index in [0.29, 0.717) is 0 Å². The standard InChI is InChI=1S/3C7H6O3.Fe/c3*8-6-4-2-1-3-5(6)7(9)10;/h3*1-4,8H,(H,9,10);/q;;;+3/p-3. The predicted molar refractivity (Wildman–Crippen MR) is 97.3 cm³/mol. The molecule has 31 heavy (non-hydrogen) atoms. The van der Waals surface area contributed by atoms with Crippen LogP contribution in [-0.4, -0.2) is 33.2 Å². The molecule has 0 unspecified atom stereocenters. The van der Waals surface area contributed by atoms with Gasteiger partial charge in [0.2, 0.25) is 0 Å². The van der Waals surface area contributed by atoms with Crippen LogP contribution in [0, 0.1) is 0 Å². The van der Waals surface area contributed by atoms with Crippen LogP contribution in [0.25, 0.3) is 0 Å². The van der Waals surface area contributed by atoms with Crippen molar-refractivity contribution in [3.8, 4) is 17.2 Å². The number of carboxylic acids is 3. The minimum atomic E-state index is -1.36. The molecule has 0 aromatic heterocycles. The Morgan fingerprint density at radius 2 is 0.677 bits per heavy atom. The number of hydrogen-bond acceptors (Lipinski definition) is 9. The van der Waals surface area contributed by atoms with Crippen molar-refractivity contribution in [3.05, 3.63) is 89.5 Å². The topological polar surface area (TPSA) is 181 Å². The summed E-state index contributed by atoms with van der Waals surface area (Å²) in [6, 6.07) is 16.9. The number of hydrogen-bond donors (Lipinski definition) is 3. The molecular weight excluding hydrogens is 452 g/mol. The molecule has 0 aliphatic carbocycles. The number of carbonyl (C=O) groups is 3. The second kappa shape index (κ2) is 13.3. The molecule has 0 bridgehead atoms. The van der Waals surface area contributed by atoms with Gasteiger partial charge < -0.3 is 45.0 Å². The van der Waals surface area contributed by atoms with Crippen LogP contribution in [-0.2, 0) is 17.1 Å². The SMILES string of the molecule is O=C([O-])c1ccccc1O.O=C([O-])c1ccccc1O.O=C([O-])c1ccccc1O.[Fe+3]. The normalized spacial score (nSPS) is 8.90. The first kappa shape index (κ1) is 27.0. The van der Waals surface area contributed by atoms with Gasteiger partial charge in [-0.25, -0.2) is 0 Å². The van der Waals surface area contributed by atoms with Gasteiger partial charge in [0.25, 0.3) is 0 Å². The molecule has 0 fully saturated rings. The van der Waals surface area contributed by atoms with E-state index in [0.717, 1.165) is 0 Å². The molecule has 161 valence electrons. The van der Waals surface area contributed by atoms with Crippen molar-refractivity contribution in [2.24, 2.45) is 0 Å². The molecule has 10 heteroatoms. The van der Waals surface area contributed by atoms with Crippen LogP contribution >= 0.6 is 0 Å². The summed E-state index contributed by atoms with van der Waals surface area (Å²) in [5.74, 6) is -4.87. The number of para-hydroxylation sites is 3. The van der Waals surface area contributed by atoms with E-state index in [4.69, 9.17) is 15.3 Å². The van der Waals surface area contributed by atoms with Crippen molar-refractivity contribution in [3.63, 3.8) is 0 Å². The maximum absolute atomic E-state index is 10.2. The van der Waals surface area contributed by atoms with E-state index >= 15 is 0 Å². The second-order valence-corrected chi connectivity index (χ2v) is 5.41. The van der Waals surface area contributed by atoms with Crippen LogP contribution in [0.3, 0.4) is 0 Å². The van der Waals surface area contributed by atoms with E-state index in [9.17, 15) is 29.7 Å².